The molecule has 0 aliphatic rings. The number of oxime groups is 2. The zero-order valence-electron chi connectivity index (χ0n) is 13.8. The Labute approximate surface area is 141 Å². The highest BCUT2D eigenvalue weighted by Crippen LogP contribution is 2.12. The topological polar surface area (TPSA) is 66.7 Å². The molecule has 0 spiro atoms. The van der Waals surface area contributed by atoms with E-state index in [0.29, 0.717) is 5.56 Å². The van der Waals surface area contributed by atoms with E-state index >= 15 is 0 Å². The number of phenols is 1. The third kappa shape index (κ3) is 5.64. The molecule has 6 heteroatoms. The van der Waals surface area contributed by atoms with Gasteiger partial charge in [0.2, 0.25) is 0 Å². The Bertz CT molecular complexity index is 682. The summed E-state index contributed by atoms with van der Waals surface area (Å²) >= 11 is 0. The maximum absolute atomic E-state index is 9.55. The first-order valence-electron chi connectivity index (χ1n) is 7.53. The molecule has 2 aromatic carbocycles. The van der Waals surface area contributed by atoms with Gasteiger partial charge in [-0.15, -0.1) is 0 Å². The average Bonchev–Trinajstić information content (AvgIpc) is 2.59. The van der Waals surface area contributed by atoms with Crippen molar-refractivity contribution in [2.24, 2.45) is 10.3 Å². The van der Waals surface area contributed by atoms with E-state index in [1.54, 1.807) is 24.4 Å². The third-order valence-electron chi connectivity index (χ3n) is 3.15. The van der Waals surface area contributed by atoms with E-state index in [1.165, 1.54) is 6.21 Å². The van der Waals surface area contributed by atoms with Gasteiger partial charge in [-0.2, -0.15) is 0 Å². The second-order valence-corrected chi connectivity index (χ2v) is 5.18. The summed E-state index contributed by atoms with van der Waals surface area (Å²) in [6, 6.07) is 14.8. The summed E-state index contributed by atoms with van der Waals surface area (Å²) in [4.78, 5) is 12.2. The molecule has 2 aromatic rings. The predicted molar refractivity (Wildman–Crippen MR) is 96.0 cm³/mol. The van der Waals surface area contributed by atoms with Gasteiger partial charge in [-0.3, -0.25) is 0 Å². The Morgan fingerprint density at radius 3 is 2.17 bits per heavy atom. The van der Waals surface area contributed by atoms with E-state index in [-0.39, 0.29) is 19.0 Å². The van der Waals surface area contributed by atoms with Gasteiger partial charge in [0.1, 0.15) is 5.75 Å². The fourth-order valence-electron chi connectivity index (χ4n) is 1.83. The molecule has 0 heterocycles. The van der Waals surface area contributed by atoms with Crippen LogP contribution in [-0.4, -0.2) is 44.8 Å². The molecule has 0 bridgehead atoms. The Kier molecular flexibility index (Phi) is 6.64. The molecule has 0 unspecified atom stereocenters. The normalized spacial score (nSPS) is 11.1. The van der Waals surface area contributed by atoms with Crippen LogP contribution in [0.3, 0.4) is 0 Å². The number of rotatable bonds is 8. The van der Waals surface area contributed by atoms with E-state index in [4.69, 9.17) is 9.68 Å². The number of hydrogen-bond donors (Lipinski definition) is 1. The van der Waals surface area contributed by atoms with Gasteiger partial charge in [0.05, 0.1) is 12.4 Å². The molecule has 0 fully saturated rings. The van der Waals surface area contributed by atoms with Crippen LogP contribution >= 0.6 is 0 Å². The van der Waals surface area contributed by atoms with Crippen LogP contribution < -0.4 is 4.90 Å². The molecule has 126 valence electrons. The second-order valence-electron chi connectivity index (χ2n) is 5.18. The fraction of sp³-hybridized carbons (Fsp3) is 0.222. The van der Waals surface area contributed by atoms with Crippen LogP contribution in [0.2, 0.25) is 0 Å². The number of phenolic OH excluding ortho intramolecular Hbond substituents is 1. The van der Waals surface area contributed by atoms with Crippen molar-refractivity contribution >= 4 is 18.1 Å². The highest BCUT2D eigenvalue weighted by Gasteiger charge is 1.95. The van der Waals surface area contributed by atoms with Gasteiger partial charge >= 0.3 is 0 Å². The van der Waals surface area contributed by atoms with Crippen LogP contribution in [0.4, 0.5) is 5.69 Å². The Hall–Kier alpha value is -3.02. The summed E-state index contributed by atoms with van der Waals surface area (Å²) in [6.45, 7) is 0.547. The molecule has 0 aromatic heterocycles. The molecule has 24 heavy (non-hydrogen) atoms. The van der Waals surface area contributed by atoms with Crippen molar-refractivity contribution in [3.05, 3.63) is 59.7 Å². The molecular weight excluding hydrogens is 306 g/mol. The van der Waals surface area contributed by atoms with Gasteiger partial charge in [0, 0.05) is 25.3 Å². The average molecular weight is 327 g/mol. The molecule has 0 saturated heterocycles. The van der Waals surface area contributed by atoms with Crippen molar-refractivity contribution in [2.75, 3.05) is 32.2 Å². The molecule has 0 amide bonds. The zero-order chi connectivity index (χ0) is 17.2. The number of nitrogens with zero attached hydrogens (tertiary/aromatic N) is 3. The molecule has 0 saturated carbocycles. The highest BCUT2D eigenvalue weighted by molar-refractivity contribution is 5.82. The molecular formula is C18H21N3O3. The van der Waals surface area contributed by atoms with Crippen LogP contribution in [0, 0.1) is 0 Å². The van der Waals surface area contributed by atoms with Gasteiger partial charge < -0.3 is 19.7 Å². The first kappa shape index (κ1) is 17.3. The lowest BCUT2D eigenvalue weighted by Crippen LogP contribution is -2.08. The van der Waals surface area contributed by atoms with Gasteiger partial charge in [-0.1, -0.05) is 34.6 Å². The highest BCUT2D eigenvalue weighted by atomic mass is 16.7. The fourth-order valence-corrected chi connectivity index (χ4v) is 1.83. The van der Waals surface area contributed by atoms with E-state index in [1.807, 2.05) is 49.3 Å². The van der Waals surface area contributed by atoms with E-state index < -0.39 is 0 Å². The SMILES string of the molecule is CN(C)c1ccc(/C=N/OCCO/N=C/c2ccccc2O)cc1. The monoisotopic (exact) mass is 327 g/mol. The maximum atomic E-state index is 9.55. The summed E-state index contributed by atoms with van der Waals surface area (Å²) in [5.74, 6) is 0.158. The molecule has 0 aliphatic heterocycles. The summed E-state index contributed by atoms with van der Waals surface area (Å²) in [5, 5.41) is 17.2. The standard InChI is InChI=1S/C18H21N3O3/c1-21(2)17-9-7-15(8-10-17)13-19-23-11-12-24-20-14-16-5-3-4-6-18(16)22/h3-10,13-14,22H,11-12H2,1-2H3/b19-13+,20-14+. The molecule has 6 nitrogen and oxygen atoms in total. The summed E-state index contributed by atoms with van der Waals surface area (Å²) in [6.07, 6.45) is 3.09. The zero-order valence-corrected chi connectivity index (χ0v) is 13.8. The van der Waals surface area contributed by atoms with E-state index in [2.05, 4.69) is 10.3 Å². The van der Waals surface area contributed by atoms with Crippen molar-refractivity contribution < 1.29 is 14.8 Å². The minimum absolute atomic E-state index is 0.158. The third-order valence-corrected chi connectivity index (χ3v) is 3.15. The van der Waals surface area contributed by atoms with Gasteiger partial charge in [0.25, 0.3) is 0 Å². The number of hydrogen-bond acceptors (Lipinski definition) is 6. The van der Waals surface area contributed by atoms with Crippen molar-refractivity contribution in [1.82, 2.24) is 0 Å². The van der Waals surface area contributed by atoms with Crippen LogP contribution in [0.1, 0.15) is 11.1 Å². The van der Waals surface area contributed by atoms with Crippen LogP contribution in [0.15, 0.2) is 58.8 Å². The van der Waals surface area contributed by atoms with Crippen molar-refractivity contribution in [3.8, 4) is 5.75 Å². The van der Waals surface area contributed by atoms with Crippen molar-refractivity contribution in [2.45, 2.75) is 0 Å². The van der Waals surface area contributed by atoms with Gasteiger partial charge in [0.15, 0.2) is 13.2 Å². The van der Waals surface area contributed by atoms with E-state index in [9.17, 15) is 5.11 Å². The predicted octanol–water partition coefficient (Wildman–Crippen LogP) is 2.86. The first-order valence-corrected chi connectivity index (χ1v) is 7.53. The molecule has 0 radical (unpaired) electrons. The number of para-hydroxylation sites is 1. The quantitative estimate of drug-likeness (QED) is 0.460. The largest absolute Gasteiger partial charge is 0.507 e. The van der Waals surface area contributed by atoms with Gasteiger partial charge in [-0.05, 0) is 29.8 Å². The maximum Gasteiger partial charge on any atom is 0.153 e. The Balaban J connectivity index is 1.65. The number of aromatic hydroxyl groups is 1. The van der Waals surface area contributed by atoms with Crippen molar-refractivity contribution in [3.63, 3.8) is 0 Å². The lowest BCUT2D eigenvalue weighted by atomic mass is 10.2. The molecule has 0 atom stereocenters. The molecule has 1 N–H and O–H groups in total. The van der Waals surface area contributed by atoms with Crippen LogP contribution in [-0.2, 0) is 9.68 Å². The summed E-state index contributed by atoms with van der Waals surface area (Å²) in [7, 11) is 3.99. The lowest BCUT2D eigenvalue weighted by Gasteiger charge is -2.11. The smallest absolute Gasteiger partial charge is 0.153 e. The second kappa shape index (κ2) is 9.19. The molecule has 2 rings (SSSR count). The van der Waals surface area contributed by atoms with Crippen molar-refractivity contribution in [1.29, 1.82) is 0 Å². The number of anilines is 1. The van der Waals surface area contributed by atoms with E-state index in [0.717, 1.165) is 11.3 Å². The Morgan fingerprint density at radius 1 is 0.917 bits per heavy atom. The van der Waals surface area contributed by atoms with Crippen LogP contribution in [0.25, 0.3) is 0 Å². The summed E-state index contributed by atoms with van der Waals surface area (Å²) in [5.41, 5.74) is 2.68. The minimum atomic E-state index is 0.158. The lowest BCUT2D eigenvalue weighted by molar-refractivity contribution is 0.0553. The summed E-state index contributed by atoms with van der Waals surface area (Å²) < 4.78 is 0. The minimum Gasteiger partial charge on any atom is -0.507 e. The number of benzene rings is 2. The molecule has 0 aliphatic carbocycles. The Morgan fingerprint density at radius 2 is 1.54 bits per heavy atom. The first-order chi connectivity index (χ1) is 11.7. The van der Waals surface area contributed by atoms with Gasteiger partial charge in [-0.25, -0.2) is 0 Å². The van der Waals surface area contributed by atoms with Crippen LogP contribution in [0.5, 0.6) is 5.75 Å².